The normalized spacial score (nSPS) is 11.1. The lowest BCUT2D eigenvalue weighted by Gasteiger charge is -2.08. The summed E-state index contributed by atoms with van der Waals surface area (Å²) in [6.07, 6.45) is 0. The van der Waals surface area contributed by atoms with E-state index >= 15 is 0 Å². The van der Waals surface area contributed by atoms with Crippen LogP contribution in [0.1, 0.15) is 11.1 Å². The van der Waals surface area contributed by atoms with Crippen LogP contribution < -0.4 is 15.0 Å². The smallest absolute Gasteiger partial charge is 0.274 e. The van der Waals surface area contributed by atoms with Gasteiger partial charge in [0.1, 0.15) is 18.0 Å². The number of non-ortho nitro benzene ring substituents is 1. The minimum atomic E-state index is -0.498. The van der Waals surface area contributed by atoms with Crippen LogP contribution in [0.2, 0.25) is 5.02 Å². The standard InChI is InChI=1S/C21H18ClN3O3/c1-23-21(24-14-15-5-3-2-4-6-15)16-7-10-18(11-8-16)28-20-12-9-17(25(26)27)13-19(20)22/h2-13H,14H2,1H3,(H,23,24)/p+1. The summed E-state index contributed by atoms with van der Waals surface area (Å²) in [5.74, 6) is 1.84. The molecular weight excluding hydrogens is 378 g/mol. The van der Waals surface area contributed by atoms with Crippen LogP contribution in [-0.2, 0) is 6.54 Å². The van der Waals surface area contributed by atoms with Crippen LogP contribution >= 0.6 is 11.6 Å². The highest BCUT2D eigenvalue weighted by Crippen LogP contribution is 2.32. The van der Waals surface area contributed by atoms with Crippen LogP contribution in [0, 0.1) is 10.1 Å². The molecule has 0 aliphatic rings. The summed E-state index contributed by atoms with van der Waals surface area (Å²) in [6, 6.07) is 21.7. The summed E-state index contributed by atoms with van der Waals surface area (Å²) in [4.78, 5) is 13.5. The predicted octanol–water partition coefficient (Wildman–Crippen LogP) is 3.29. The van der Waals surface area contributed by atoms with E-state index in [1.807, 2.05) is 49.5 Å². The number of hydrogen-bond donors (Lipinski definition) is 2. The summed E-state index contributed by atoms with van der Waals surface area (Å²) < 4.78 is 5.74. The third kappa shape index (κ3) is 4.86. The zero-order valence-electron chi connectivity index (χ0n) is 15.2. The molecule has 0 saturated carbocycles. The fourth-order valence-corrected chi connectivity index (χ4v) is 2.84. The van der Waals surface area contributed by atoms with E-state index in [1.165, 1.54) is 23.8 Å². The first-order chi connectivity index (χ1) is 13.6. The van der Waals surface area contributed by atoms with Gasteiger partial charge in [-0.15, -0.1) is 0 Å². The first kappa shape index (κ1) is 19.4. The molecule has 3 aromatic carbocycles. The molecule has 0 atom stereocenters. The van der Waals surface area contributed by atoms with E-state index in [-0.39, 0.29) is 10.7 Å². The number of ether oxygens (including phenoxy) is 1. The Labute approximate surface area is 167 Å². The van der Waals surface area contributed by atoms with E-state index in [2.05, 4.69) is 22.4 Å². The third-order valence-electron chi connectivity index (χ3n) is 4.06. The zero-order chi connectivity index (χ0) is 19.9. The Morgan fingerprint density at radius 1 is 1.11 bits per heavy atom. The van der Waals surface area contributed by atoms with Gasteiger partial charge in [0.05, 0.1) is 22.6 Å². The van der Waals surface area contributed by atoms with Crippen molar-refractivity contribution in [2.45, 2.75) is 6.54 Å². The Morgan fingerprint density at radius 3 is 2.43 bits per heavy atom. The Balaban J connectivity index is 1.68. The Bertz CT molecular complexity index is 990. The van der Waals surface area contributed by atoms with Crippen molar-refractivity contribution >= 4 is 23.1 Å². The molecule has 7 heteroatoms. The zero-order valence-corrected chi connectivity index (χ0v) is 15.9. The number of nitro benzene ring substituents is 1. The SMILES string of the molecule is C[NH+]=C(NCc1ccccc1)c1ccc(Oc2ccc([N+](=O)[O-])cc2Cl)cc1. The second-order valence-electron chi connectivity index (χ2n) is 5.96. The van der Waals surface area contributed by atoms with E-state index in [1.54, 1.807) is 0 Å². The van der Waals surface area contributed by atoms with Crippen LogP contribution in [0.5, 0.6) is 11.5 Å². The van der Waals surface area contributed by atoms with Gasteiger partial charge in [-0.3, -0.25) is 20.4 Å². The monoisotopic (exact) mass is 396 g/mol. The van der Waals surface area contributed by atoms with Gasteiger partial charge in [-0.1, -0.05) is 41.9 Å². The van der Waals surface area contributed by atoms with E-state index in [9.17, 15) is 10.1 Å². The second-order valence-corrected chi connectivity index (χ2v) is 6.37. The van der Waals surface area contributed by atoms with Crippen molar-refractivity contribution in [2.75, 3.05) is 7.05 Å². The highest BCUT2D eigenvalue weighted by Gasteiger charge is 2.12. The van der Waals surface area contributed by atoms with Crippen molar-refractivity contribution in [1.82, 2.24) is 5.32 Å². The lowest BCUT2D eigenvalue weighted by molar-refractivity contribution is -0.421. The second kappa shape index (κ2) is 9.01. The van der Waals surface area contributed by atoms with Gasteiger partial charge in [-0.05, 0) is 35.9 Å². The molecule has 6 nitrogen and oxygen atoms in total. The molecule has 0 aliphatic heterocycles. The molecule has 0 aliphatic carbocycles. The van der Waals surface area contributed by atoms with Crippen LogP contribution in [0.15, 0.2) is 72.8 Å². The molecule has 0 unspecified atom stereocenters. The number of amidine groups is 1. The first-order valence-electron chi connectivity index (χ1n) is 8.61. The van der Waals surface area contributed by atoms with Crippen LogP contribution in [0.25, 0.3) is 0 Å². The maximum atomic E-state index is 10.8. The van der Waals surface area contributed by atoms with Crippen molar-refractivity contribution in [3.8, 4) is 11.5 Å². The summed E-state index contributed by atoms with van der Waals surface area (Å²) in [5, 5.41) is 14.4. The van der Waals surface area contributed by atoms with Crippen LogP contribution in [0.4, 0.5) is 5.69 Å². The molecular formula is C21H19ClN3O3+. The highest BCUT2D eigenvalue weighted by molar-refractivity contribution is 6.32. The van der Waals surface area contributed by atoms with Crippen molar-refractivity contribution in [3.63, 3.8) is 0 Å². The van der Waals surface area contributed by atoms with E-state index in [0.29, 0.717) is 18.0 Å². The number of benzene rings is 3. The Morgan fingerprint density at radius 2 is 1.82 bits per heavy atom. The van der Waals surface area contributed by atoms with Crippen LogP contribution in [-0.4, -0.2) is 17.8 Å². The molecule has 3 aromatic rings. The minimum absolute atomic E-state index is 0.0783. The van der Waals surface area contributed by atoms with Gasteiger partial charge in [0.25, 0.3) is 11.5 Å². The minimum Gasteiger partial charge on any atom is -0.456 e. The molecule has 0 saturated heterocycles. The molecule has 0 heterocycles. The fourth-order valence-electron chi connectivity index (χ4n) is 2.62. The number of nitrogens with zero attached hydrogens (tertiary/aromatic N) is 1. The van der Waals surface area contributed by atoms with Gasteiger partial charge >= 0.3 is 0 Å². The molecule has 0 spiro atoms. The fraction of sp³-hybridized carbons (Fsp3) is 0.0952. The molecule has 2 N–H and O–H groups in total. The third-order valence-corrected chi connectivity index (χ3v) is 4.35. The number of rotatable bonds is 6. The molecule has 0 fully saturated rings. The van der Waals surface area contributed by atoms with Gasteiger partial charge in [-0.2, -0.15) is 0 Å². The molecule has 0 amide bonds. The lowest BCUT2D eigenvalue weighted by atomic mass is 10.1. The van der Waals surface area contributed by atoms with Crippen molar-refractivity contribution < 1.29 is 14.7 Å². The Hall–Kier alpha value is -3.38. The summed E-state index contributed by atoms with van der Waals surface area (Å²) >= 11 is 6.07. The predicted molar refractivity (Wildman–Crippen MR) is 109 cm³/mol. The van der Waals surface area contributed by atoms with Gasteiger partial charge < -0.3 is 4.74 Å². The number of halogens is 1. The average Bonchev–Trinajstić information content (AvgIpc) is 2.71. The van der Waals surface area contributed by atoms with E-state index in [0.717, 1.165) is 11.4 Å². The molecule has 0 radical (unpaired) electrons. The number of nitrogens with one attached hydrogen (secondary N) is 2. The molecule has 28 heavy (non-hydrogen) atoms. The van der Waals surface area contributed by atoms with Crippen molar-refractivity contribution in [2.24, 2.45) is 0 Å². The Kier molecular flexibility index (Phi) is 6.24. The van der Waals surface area contributed by atoms with E-state index in [4.69, 9.17) is 16.3 Å². The first-order valence-corrected chi connectivity index (χ1v) is 8.99. The topological polar surface area (TPSA) is 78.4 Å². The largest absolute Gasteiger partial charge is 0.456 e. The molecule has 0 aromatic heterocycles. The van der Waals surface area contributed by atoms with Crippen molar-refractivity contribution in [3.05, 3.63) is 99.1 Å². The van der Waals surface area contributed by atoms with E-state index < -0.39 is 4.92 Å². The summed E-state index contributed by atoms with van der Waals surface area (Å²) in [7, 11) is 1.86. The highest BCUT2D eigenvalue weighted by atomic mass is 35.5. The summed E-state index contributed by atoms with van der Waals surface area (Å²) in [5.41, 5.74) is 2.08. The van der Waals surface area contributed by atoms with Crippen molar-refractivity contribution in [1.29, 1.82) is 0 Å². The maximum Gasteiger partial charge on any atom is 0.274 e. The van der Waals surface area contributed by atoms with Gasteiger partial charge in [-0.25, -0.2) is 0 Å². The van der Waals surface area contributed by atoms with Gasteiger partial charge in [0.15, 0.2) is 0 Å². The lowest BCUT2D eigenvalue weighted by Crippen LogP contribution is -2.71. The molecule has 3 rings (SSSR count). The summed E-state index contributed by atoms with van der Waals surface area (Å²) in [6.45, 7) is 0.702. The number of hydrogen-bond acceptors (Lipinski definition) is 3. The number of nitro groups is 1. The average molecular weight is 397 g/mol. The molecule has 0 bridgehead atoms. The van der Waals surface area contributed by atoms with Gasteiger partial charge in [0.2, 0.25) is 0 Å². The van der Waals surface area contributed by atoms with Gasteiger partial charge in [0, 0.05) is 12.1 Å². The quantitative estimate of drug-likeness (QED) is 0.290. The van der Waals surface area contributed by atoms with Crippen LogP contribution in [0.3, 0.4) is 0 Å². The maximum absolute atomic E-state index is 10.8. The molecule has 142 valence electrons.